The van der Waals surface area contributed by atoms with Crippen LogP contribution < -0.4 is 0 Å². The standard InChI is InChI=1S/C11H15F3N4/c12-11(13,14)7-17-4-3-9(5-17)18-6-10(15-16-18)8-1-2-8/h6,8-9H,1-5,7H2. The van der Waals surface area contributed by atoms with Crippen molar-refractivity contribution in [3.05, 3.63) is 11.9 Å². The van der Waals surface area contributed by atoms with E-state index in [-0.39, 0.29) is 6.04 Å². The summed E-state index contributed by atoms with van der Waals surface area (Å²) in [4.78, 5) is 1.43. The lowest BCUT2D eigenvalue weighted by Crippen LogP contribution is -2.32. The average Bonchev–Trinajstić information content (AvgIpc) is 2.84. The maximum atomic E-state index is 12.3. The molecule has 0 radical (unpaired) electrons. The predicted molar refractivity (Wildman–Crippen MR) is 58.1 cm³/mol. The van der Waals surface area contributed by atoms with Crippen molar-refractivity contribution in [2.45, 2.75) is 37.4 Å². The van der Waals surface area contributed by atoms with Gasteiger partial charge in [0.2, 0.25) is 0 Å². The third-order valence-corrected chi connectivity index (χ3v) is 3.55. The van der Waals surface area contributed by atoms with Gasteiger partial charge >= 0.3 is 6.18 Å². The highest BCUT2D eigenvalue weighted by molar-refractivity contribution is 5.09. The molecule has 0 aromatic carbocycles. The van der Waals surface area contributed by atoms with Gasteiger partial charge in [-0.05, 0) is 19.3 Å². The first-order valence-electron chi connectivity index (χ1n) is 6.22. The molecule has 18 heavy (non-hydrogen) atoms. The normalized spacial score (nSPS) is 25.8. The molecule has 0 bridgehead atoms. The van der Waals surface area contributed by atoms with E-state index in [1.54, 1.807) is 4.68 Å². The van der Waals surface area contributed by atoms with Crippen molar-refractivity contribution >= 4 is 0 Å². The largest absolute Gasteiger partial charge is 0.401 e. The van der Waals surface area contributed by atoms with Crippen molar-refractivity contribution in [1.29, 1.82) is 0 Å². The lowest BCUT2D eigenvalue weighted by molar-refractivity contribution is -0.143. The zero-order valence-corrected chi connectivity index (χ0v) is 9.90. The van der Waals surface area contributed by atoms with Crippen LogP contribution in [0.3, 0.4) is 0 Å². The van der Waals surface area contributed by atoms with Gasteiger partial charge in [0, 0.05) is 25.2 Å². The Morgan fingerprint density at radius 2 is 2.06 bits per heavy atom. The molecule has 1 aliphatic heterocycles. The van der Waals surface area contributed by atoms with Crippen LogP contribution in [-0.4, -0.2) is 45.7 Å². The van der Waals surface area contributed by atoms with Crippen LogP contribution in [0, 0.1) is 0 Å². The molecule has 7 heteroatoms. The van der Waals surface area contributed by atoms with E-state index in [0.717, 1.165) is 18.5 Å². The molecule has 4 nitrogen and oxygen atoms in total. The van der Waals surface area contributed by atoms with E-state index in [2.05, 4.69) is 10.3 Å². The predicted octanol–water partition coefficient (Wildman–Crippen LogP) is 1.96. The van der Waals surface area contributed by atoms with E-state index in [1.807, 2.05) is 6.20 Å². The number of halogens is 3. The lowest BCUT2D eigenvalue weighted by Gasteiger charge is -2.17. The number of hydrogen-bond acceptors (Lipinski definition) is 3. The minimum Gasteiger partial charge on any atom is -0.293 e. The van der Waals surface area contributed by atoms with Crippen LogP contribution in [0.15, 0.2) is 6.20 Å². The maximum absolute atomic E-state index is 12.3. The summed E-state index contributed by atoms with van der Waals surface area (Å²) >= 11 is 0. The zero-order chi connectivity index (χ0) is 12.8. The van der Waals surface area contributed by atoms with Gasteiger partial charge in [-0.15, -0.1) is 5.10 Å². The highest BCUT2D eigenvalue weighted by Crippen LogP contribution is 2.39. The smallest absolute Gasteiger partial charge is 0.293 e. The number of hydrogen-bond donors (Lipinski definition) is 0. The molecule has 1 saturated heterocycles. The van der Waals surface area contributed by atoms with Crippen LogP contribution in [0.5, 0.6) is 0 Å². The molecule has 2 heterocycles. The minimum atomic E-state index is -4.11. The second-order valence-corrected chi connectivity index (χ2v) is 5.19. The maximum Gasteiger partial charge on any atom is 0.401 e. The molecule has 2 fully saturated rings. The summed E-state index contributed by atoms with van der Waals surface area (Å²) < 4.78 is 38.6. The van der Waals surface area contributed by atoms with E-state index in [4.69, 9.17) is 0 Å². The fourth-order valence-corrected chi connectivity index (χ4v) is 2.46. The Hall–Kier alpha value is -1.11. The summed E-state index contributed by atoms with van der Waals surface area (Å²) in [5.74, 6) is 0.534. The molecule has 1 saturated carbocycles. The van der Waals surface area contributed by atoms with Crippen LogP contribution >= 0.6 is 0 Å². The van der Waals surface area contributed by atoms with Crippen LogP contribution in [0.1, 0.15) is 36.9 Å². The first kappa shape index (κ1) is 12.0. The fourth-order valence-electron chi connectivity index (χ4n) is 2.46. The third-order valence-electron chi connectivity index (χ3n) is 3.55. The highest BCUT2D eigenvalue weighted by Gasteiger charge is 2.35. The summed E-state index contributed by atoms with van der Waals surface area (Å²) in [5.41, 5.74) is 0.990. The Morgan fingerprint density at radius 1 is 1.28 bits per heavy atom. The molecular formula is C11H15F3N4. The number of nitrogens with zero attached hydrogens (tertiary/aromatic N) is 4. The molecule has 2 aliphatic rings. The molecule has 1 unspecified atom stereocenters. The van der Waals surface area contributed by atoms with Gasteiger partial charge in [0.05, 0.1) is 18.3 Å². The van der Waals surface area contributed by atoms with Crippen LogP contribution in [-0.2, 0) is 0 Å². The molecule has 100 valence electrons. The van der Waals surface area contributed by atoms with Gasteiger partial charge in [0.15, 0.2) is 0 Å². The summed E-state index contributed by atoms with van der Waals surface area (Å²) in [6.07, 6.45) is 0.812. The van der Waals surface area contributed by atoms with Gasteiger partial charge in [-0.3, -0.25) is 4.90 Å². The first-order valence-corrected chi connectivity index (χ1v) is 6.22. The minimum absolute atomic E-state index is 0.0346. The van der Waals surface area contributed by atoms with Crippen LogP contribution in [0.2, 0.25) is 0 Å². The van der Waals surface area contributed by atoms with Gasteiger partial charge in [-0.25, -0.2) is 4.68 Å². The molecule has 1 aromatic rings. The van der Waals surface area contributed by atoms with Crippen molar-refractivity contribution in [2.75, 3.05) is 19.6 Å². The molecule has 3 rings (SSSR count). The number of likely N-dealkylation sites (tertiary alicyclic amines) is 1. The number of aromatic nitrogens is 3. The van der Waals surface area contributed by atoms with E-state index in [1.165, 1.54) is 4.90 Å². The van der Waals surface area contributed by atoms with Crippen molar-refractivity contribution in [2.24, 2.45) is 0 Å². The van der Waals surface area contributed by atoms with Crippen molar-refractivity contribution in [3.8, 4) is 0 Å². The number of rotatable bonds is 3. The first-order chi connectivity index (χ1) is 8.51. The Labute approximate surface area is 103 Å². The van der Waals surface area contributed by atoms with Crippen LogP contribution in [0.25, 0.3) is 0 Å². The van der Waals surface area contributed by atoms with Gasteiger partial charge in [0.25, 0.3) is 0 Å². The molecule has 0 spiro atoms. The molecule has 1 aliphatic carbocycles. The fraction of sp³-hybridized carbons (Fsp3) is 0.818. The second kappa shape index (κ2) is 4.22. The monoisotopic (exact) mass is 260 g/mol. The van der Waals surface area contributed by atoms with E-state index < -0.39 is 12.7 Å². The van der Waals surface area contributed by atoms with Crippen LogP contribution in [0.4, 0.5) is 13.2 Å². The second-order valence-electron chi connectivity index (χ2n) is 5.19. The van der Waals surface area contributed by atoms with Gasteiger partial charge < -0.3 is 0 Å². The summed E-state index contributed by atoms with van der Waals surface area (Å²) in [6.45, 7) is 0.0590. The Kier molecular flexibility index (Phi) is 2.80. The molecule has 1 aromatic heterocycles. The zero-order valence-electron chi connectivity index (χ0n) is 9.90. The quantitative estimate of drug-likeness (QED) is 0.833. The molecular weight excluding hydrogens is 245 g/mol. The SMILES string of the molecule is FC(F)(F)CN1CCC(n2cc(C3CC3)nn2)C1. The van der Waals surface area contributed by atoms with Crippen molar-refractivity contribution in [1.82, 2.24) is 19.9 Å². The third kappa shape index (κ3) is 2.66. The van der Waals surface area contributed by atoms with Crippen molar-refractivity contribution < 1.29 is 13.2 Å². The Morgan fingerprint density at radius 3 is 2.72 bits per heavy atom. The topological polar surface area (TPSA) is 34.0 Å². The summed E-state index contributed by atoms with van der Waals surface area (Å²) in [6, 6.07) is 0.0346. The lowest BCUT2D eigenvalue weighted by atomic mass is 10.2. The van der Waals surface area contributed by atoms with Gasteiger partial charge in [-0.2, -0.15) is 13.2 Å². The van der Waals surface area contributed by atoms with E-state index in [0.29, 0.717) is 25.4 Å². The van der Waals surface area contributed by atoms with Gasteiger partial charge in [-0.1, -0.05) is 5.21 Å². The highest BCUT2D eigenvalue weighted by atomic mass is 19.4. The van der Waals surface area contributed by atoms with Crippen molar-refractivity contribution in [3.63, 3.8) is 0 Å². The Balaban J connectivity index is 1.60. The van der Waals surface area contributed by atoms with E-state index >= 15 is 0 Å². The average molecular weight is 260 g/mol. The Bertz CT molecular complexity index is 424. The molecule has 0 amide bonds. The summed E-state index contributed by atoms with van der Waals surface area (Å²) in [5, 5.41) is 8.14. The molecule has 0 N–H and O–H groups in total. The summed E-state index contributed by atoms with van der Waals surface area (Å²) in [7, 11) is 0. The molecule has 1 atom stereocenters. The van der Waals surface area contributed by atoms with Gasteiger partial charge in [0.1, 0.15) is 0 Å². The van der Waals surface area contributed by atoms with E-state index in [9.17, 15) is 13.2 Å². The number of alkyl halides is 3.